The largest absolute Gasteiger partial charge is 0.417 e. The first-order valence-corrected chi connectivity index (χ1v) is 7.65. The highest BCUT2D eigenvalue weighted by Gasteiger charge is 2.36. The van der Waals surface area contributed by atoms with Gasteiger partial charge in [0.2, 0.25) is 10.0 Å². The summed E-state index contributed by atoms with van der Waals surface area (Å²) in [6, 6.07) is 4.19. The van der Waals surface area contributed by atoms with Crippen molar-refractivity contribution in [3.63, 3.8) is 0 Å². The van der Waals surface area contributed by atoms with E-state index in [0.717, 1.165) is 25.1 Å². The van der Waals surface area contributed by atoms with E-state index in [1.807, 2.05) is 0 Å². The molecule has 1 aliphatic heterocycles. The third-order valence-corrected chi connectivity index (χ3v) is 4.69. The van der Waals surface area contributed by atoms with E-state index in [4.69, 9.17) is 0 Å². The van der Waals surface area contributed by atoms with Gasteiger partial charge < -0.3 is 5.32 Å². The van der Waals surface area contributed by atoms with Crippen LogP contribution >= 0.6 is 12.4 Å². The molecule has 1 unspecified atom stereocenters. The minimum Gasteiger partial charge on any atom is -0.316 e. The number of benzene rings is 1. The number of rotatable bonds is 4. The smallest absolute Gasteiger partial charge is 0.316 e. The first kappa shape index (κ1) is 18.2. The Kier molecular flexibility index (Phi) is 6.03. The summed E-state index contributed by atoms with van der Waals surface area (Å²) in [5.74, 6) is 0.114. The Hall–Kier alpha value is -0.830. The Morgan fingerprint density at radius 1 is 1.29 bits per heavy atom. The highest BCUT2D eigenvalue weighted by molar-refractivity contribution is 7.89. The molecule has 2 N–H and O–H groups in total. The Morgan fingerprint density at radius 2 is 1.95 bits per heavy atom. The fraction of sp³-hybridized carbons (Fsp3) is 0.500. The predicted octanol–water partition coefficient (Wildman–Crippen LogP) is 2.01. The molecular weight excluding hydrogens is 329 g/mol. The van der Waals surface area contributed by atoms with Crippen molar-refractivity contribution in [3.8, 4) is 0 Å². The number of hydrogen-bond acceptors (Lipinski definition) is 3. The Balaban J connectivity index is 0.00000220. The predicted molar refractivity (Wildman–Crippen MR) is 74.9 cm³/mol. The van der Waals surface area contributed by atoms with Gasteiger partial charge in [-0.3, -0.25) is 0 Å². The van der Waals surface area contributed by atoms with Gasteiger partial charge in [-0.25, -0.2) is 13.1 Å². The number of halogens is 4. The van der Waals surface area contributed by atoms with Crippen LogP contribution in [0.3, 0.4) is 0 Å². The topological polar surface area (TPSA) is 58.2 Å². The van der Waals surface area contributed by atoms with Crippen LogP contribution in [0.4, 0.5) is 13.2 Å². The molecule has 1 heterocycles. The van der Waals surface area contributed by atoms with E-state index in [0.29, 0.717) is 6.54 Å². The van der Waals surface area contributed by atoms with Crippen LogP contribution < -0.4 is 10.0 Å². The van der Waals surface area contributed by atoms with E-state index in [-0.39, 0.29) is 24.9 Å². The number of sulfonamides is 1. The Morgan fingerprint density at radius 3 is 2.52 bits per heavy atom. The Bertz CT molecular complexity index is 572. The summed E-state index contributed by atoms with van der Waals surface area (Å²) in [6.45, 7) is 1.61. The van der Waals surface area contributed by atoms with Crippen LogP contribution in [0.5, 0.6) is 0 Å². The summed E-state index contributed by atoms with van der Waals surface area (Å²) in [6.07, 6.45) is -3.89. The Labute approximate surface area is 127 Å². The molecule has 9 heteroatoms. The zero-order chi connectivity index (χ0) is 14.8. The average Bonchev–Trinajstić information content (AvgIpc) is 2.89. The third kappa shape index (κ3) is 4.57. The quantitative estimate of drug-likeness (QED) is 0.878. The molecule has 2 rings (SSSR count). The van der Waals surface area contributed by atoms with Gasteiger partial charge in [0.25, 0.3) is 0 Å². The number of hydrogen-bond donors (Lipinski definition) is 2. The van der Waals surface area contributed by atoms with Gasteiger partial charge in [-0.15, -0.1) is 12.4 Å². The maximum absolute atomic E-state index is 12.8. The van der Waals surface area contributed by atoms with Gasteiger partial charge in [0.15, 0.2) is 0 Å². The van der Waals surface area contributed by atoms with Crippen molar-refractivity contribution in [2.75, 3.05) is 19.6 Å². The molecule has 1 aromatic rings. The maximum atomic E-state index is 12.8. The van der Waals surface area contributed by atoms with Crippen molar-refractivity contribution < 1.29 is 21.6 Å². The average molecular weight is 345 g/mol. The van der Waals surface area contributed by atoms with Crippen molar-refractivity contribution in [3.05, 3.63) is 29.8 Å². The fourth-order valence-electron chi connectivity index (χ4n) is 2.13. The highest BCUT2D eigenvalue weighted by atomic mass is 35.5. The fourth-order valence-corrected chi connectivity index (χ4v) is 3.47. The molecule has 1 atom stereocenters. The van der Waals surface area contributed by atoms with Crippen molar-refractivity contribution in [1.82, 2.24) is 10.0 Å². The van der Waals surface area contributed by atoms with Crippen LogP contribution in [0.15, 0.2) is 29.2 Å². The van der Waals surface area contributed by atoms with Crippen molar-refractivity contribution >= 4 is 22.4 Å². The highest BCUT2D eigenvalue weighted by Crippen LogP contribution is 2.33. The van der Waals surface area contributed by atoms with Gasteiger partial charge in [0, 0.05) is 6.54 Å². The van der Waals surface area contributed by atoms with E-state index in [1.165, 1.54) is 12.1 Å². The van der Waals surface area contributed by atoms with E-state index in [2.05, 4.69) is 10.0 Å². The normalized spacial score (nSPS) is 19.3. The van der Waals surface area contributed by atoms with Crippen LogP contribution in [-0.2, 0) is 16.2 Å². The summed E-state index contributed by atoms with van der Waals surface area (Å²) < 4.78 is 64.8. The lowest BCUT2D eigenvalue weighted by molar-refractivity contribution is -0.139. The van der Waals surface area contributed by atoms with Crippen molar-refractivity contribution in [2.24, 2.45) is 5.92 Å². The van der Waals surface area contributed by atoms with Crippen LogP contribution in [0.1, 0.15) is 12.0 Å². The standard InChI is InChI=1S/C12H15F3N2O2S.ClH/c13-12(14,15)10-3-1-2-4-11(10)20(18,19)17-8-9-5-6-16-7-9;/h1-4,9,16-17H,5-8H2;1H. The molecule has 1 aromatic carbocycles. The zero-order valence-corrected chi connectivity index (χ0v) is 12.6. The second kappa shape index (κ2) is 6.95. The molecule has 0 saturated carbocycles. The van der Waals surface area contributed by atoms with Crippen molar-refractivity contribution in [2.45, 2.75) is 17.5 Å². The molecule has 0 aromatic heterocycles. The van der Waals surface area contributed by atoms with Crippen molar-refractivity contribution in [1.29, 1.82) is 0 Å². The van der Waals surface area contributed by atoms with Gasteiger partial charge in [0.05, 0.1) is 10.5 Å². The summed E-state index contributed by atoms with van der Waals surface area (Å²) in [5.41, 5.74) is -1.14. The summed E-state index contributed by atoms with van der Waals surface area (Å²) >= 11 is 0. The number of alkyl halides is 3. The molecule has 1 fully saturated rings. The second-order valence-electron chi connectivity index (χ2n) is 4.70. The molecular formula is C12H16ClF3N2O2S. The molecule has 1 aliphatic rings. The van der Waals surface area contributed by atoms with E-state index >= 15 is 0 Å². The molecule has 21 heavy (non-hydrogen) atoms. The molecule has 120 valence electrons. The maximum Gasteiger partial charge on any atom is 0.417 e. The van der Waals surface area contributed by atoms with Crippen LogP contribution in [-0.4, -0.2) is 28.1 Å². The van der Waals surface area contributed by atoms with Gasteiger partial charge >= 0.3 is 6.18 Å². The summed E-state index contributed by atoms with van der Waals surface area (Å²) in [5, 5.41) is 3.07. The molecule has 1 saturated heterocycles. The molecule has 4 nitrogen and oxygen atoms in total. The molecule has 0 amide bonds. The lowest BCUT2D eigenvalue weighted by atomic mass is 10.1. The first-order chi connectivity index (χ1) is 9.31. The molecule has 0 bridgehead atoms. The lowest BCUT2D eigenvalue weighted by Crippen LogP contribution is -2.31. The minimum absolute atomic E-state index is 0. The number of nitrogens with one attached hydrogen (secondary N) is 2. The third-order valence-electron chi connectivity index (χ3n) is 3.21. The first-order valence-electron chi connectivity index (χ1n) is 6.17. The molecule has 0 aliphatic carbocycles. The van der Waals surface area contributed by atoms with Gasteiger partial charge in [-0.2, -0.15) is 13.2 Å². The SMILES string of the molecule is Cl.O=S(=O)(NCC1CCNC1)c1ccccc1C(F)(F)F. The van der Waals surface area contributed by atoms with Gasteiger partial charge in [-0.1, -0.05) is 12.1 Å². The van der Waals surface area contributed by atoms with Crippen LogP contribution in [0.2, 0.25) is 0 Å². The summed E-state index contributed by atoms with van der Waals surface area (Å²) in [7, 11) is -4.16. The van der Waals surface area contributed by atoms with Crippen LogP contribution in [0, 0.1) is 5.92 Å². The summed E-state index contributed by atoms with van der Waals surface area (Å²) in [4.78, 5) is -0.724. The van der Waals surface area contributed by atoms with Crippen LogP contribution in [0.25, 0.3) is 0 Å². The van der Waals surface area contributed by atoms with Gasteiger partial charge in [0.1, 0.15) is 0 Å². The molecule has 0 radical (unpaired) electrons. The van der Waals surface area contributed by atoms with E-state index in [9.17, 15) is 21.6 Å². The van der Waals surface area contributed by atoms with E-state index in [1.54, 1.807) is 0 Å². The van der Waals surface area contributed by atoms with Gasteiger partial charge in [-0.05, 0) is 37.6 Å². The second-order valence-corrected chi connectivity index (χ2v) is 6.44. The zero-order valence-electron chi connectivity index (χ0n) is 11.0. The van der Waals surface area contributed by atoms with E-state index < -0.39 is 26.7 Å². The molecule has 0 spiro atoms. The minimum atomic E-state index is -4.69. The monoisotopic (exact) mass is 344 g/mol. The lowest BCUT2D eigenvalue weighted by Gasteiger charge is -2.15.